The van der Waals surface area contributed by atoms with E-state index in [0.29, 0.717) is 11.2 Å². The Morgan fingerprint density at radius 3 is 2.22 bits per heavy atom. The maximum absolute atomic E-state index is 9.78. The first-order chi connectivity index (χ1) is 8.67. The molecule has 0 fully saturated rings. The van der Waals surface area contributed by atoms with E-state index in [1.54, 1.807) is 23.5 Å². The van der Waals surface area contributed by atoms with Crippen molar-refractivity contribution in [2.45, 2.75) is 70.7 Å². The Labute approximate surface area is 122 Å². The predicted octanol–water partition coefficient (Wildman–Crippen LogP) is 4.72. The molecule has 0 aromatic rings. The van der Waals surface area contributed by atoms with Crippen molar-refractivity contribution >= 4 is 23.5 Å². The average Bonchev–Trinajstić information content (AvgIpc) is 2.38. The quantitative estimate of drug-likeness (QED) is 0.417. The van der Waals surface area contributed by atoms with Crippen molar-refractivity contribution in [1.82, 2.24) is 0 Å². The number of hydrogen-bond donors (Lipinski definition) is 1. The van der Waals surface area contributed by atoms with Crippen molar-refractivity contribution in [1.29, 1.82) is 0 Å². The summed E-state index contributed by atoms with van der Waals surface area (Å²) in [5, 5.41) is 10.3. The standard InChI is InChI=1S/C14H30O2S2/c1-5-9-13(8-4)18-14(15)16-11-17-10-12(6-2)7-3/h12-15H,5-11H2,1-4H3. The van der Waals surface area contributed by atoms with Crippen LogP contribution in [0.2, 0.25) is 0 Å². The number of thioether (sulfide) groups is 2. The zero-order chi connectivity index (χ0) is 13.8. The van der Waals surface area contributed by atoms with Crippen LogP contribution in [0.3, 0.4) is 0 Å². The summed E-state index contributed by atoms with van der Waals surface area (Å²) in [6, 6.07) is 0. The molecule has 0 radical (unpaired) electrons. The van der Waals surface area contributed by atoms with Gasteiger partial charge in [-0.2, -0.15) is 0 Å². The maximum atomic E-state index is 9.78. The minimum absolute atomic E-state index is 0.522. The molecule has 2 nitrogen and oxygen atoms in total. The van der Waals surface area contributed by atoms with Crippen LogP contribution in [0.5, 0.6) is 0 Å². The van der Waals surface area contributed by atoms with E-state index in [9.17, 15) is 5.11 Å². The minimum atomic E-state index is -0.657. The zero-order valence-electron chi connectivity index (χ0n) is 12.4. The number of aliphatic hydroxyl groups is 1. The molecule has 4 heteroatoms. The normalized spacial score (nSPS) is 15.0. The largest absolute Gasteiger partial charge is 0.360 e. The molecule has 2 unspecified atom stereocenters. The Kier molecular flexibility index (Phi) is 13.1. The van der Waals surface area contributed by atoms with E-state index in [0.717, 1.165) is 24.5 Å². The molecule has 0 aromatic carbocycles. The third-order valence-electron chi connectivity index (χ3n) is 3.18. The Bertz CT molecular complexity index is 175. The molecule has 0 saturated heterocycles. The lowest BCUT2D eigenvalue weighted by molar-refractivity contribution is -0.00950. The summed E-state index contributed by atoms with van der Waals surface area (Å²) < 4.78 is 5.44. The van der Waals surface area contributed by atoms with Crippen LogP contribution in [0.15, 0.2) is 0 Å². The van der Waals surface area contributed by atoms with Crippen LogP contribution < -0.4 is 0 Å². The first-order valence-corrected chi connectivity index (χ1v) is 9.30. The van der Waals surface area contributed by atoms with Crippen LogP contribution in [0.1, 0.15) is 59.8 Å². The first-order valence-electron chi connectivity index (χ1n) is 7.20. The molecular weight excluding hydrogens is 264 g/mol. The SMILES string of the molecule is CCCC(CC)SC(O)OCSCC(CC)CC. The molecule has 0 aliphatic rings. The highest BCUT2D eigenvalue weighted by Crippen LogP contribution is 2.25. The Hall–Kier alpha value is 0.620. The fourth-order valence-corrected chi connectivity index (χ4v) is 3.99. The van der Waals surface area contributed by atoms with Gasteiger partial charge < -0.3 is 9.84 Å². The van der Waals surface area contributed by atoms with Gasteiger partial charge in [-0.1, -0.05) is 58.7 Å². The lowest BCUT2D eigenvalue weighted by Crippen LogP contribution is -2.14. The van der Waals surface area contributed by atoms with Crippen molar-refractivity contribution < 1.29 is 9.84 Å². The second-order valence-electron chi connectivity index (χ2n) is 4.60. The van der Waals surface area contributed by atoms with Crippen LogP contribution in [0, 0.1) is 5.92 Å². The molecule has 0 bridgehead atoms. The topological polar surface area (TPSA) is 29.5 Å². The molecule has 0 spiro atoms. The summed E-state index contributed by atoms with van der Waals surface area (Å²) in [6.45, 7) is 8.82. The number of hydrogen-bond acceptors (Lipinski definition) is 4. The van der Waals surface area contributed by atoms with Gasteiger partial charge in [-0.15, -0.1) is 11.8 Å². The van der Waals surface area contributed by atoms with Gasteiger partial charge in [0.05, 0.1) is 5.94 Å². The molecule has 0 rings (SSSR count). The summed E-state index contributed by atoms with van der Waals surface area (Å²) in [5.74, 6) is 2.52. The summed E-state index contributed by atoms with van der Waals surface area (Å²) in [7, 11) is 0. The van der Waals surface area contributed by atoms with E-state index >= 15 is 0 Å². The van der Waals surface area contributed by atoms with Crippen LogP contribution in [-0.2, 0) is 4.74 Å². The molecule has 0 aromatic heterocycles. The third-order valence-corrected chi connectivity index (χ3v) is 5.51. The molecule has 0 heterocycles. The summed E-state index contributed by atoms with van der Waals surface area (Å²) >= 11 is 3.35. The molecule has 0 aliphatic carbocycles. The highest BCUT2D eigenvalue weighted by Gasteiger charge is 2.13. The number of ether oxygens (including phenoxy) is 1. The van der Waals surface area contributed by atoms with E-state index in [4.69, 9.17) is 4.74 Å². The minimum Gasteiger partial charge on any atom is -0.360 e. The lowest BCUT2D eigenvalue weighted by Gasteiger charge is -2.18. The van der Waals surface area contributed by atoms with E-state index in [-0.39, 0.29) is 0 Å². The van der Waals surface area contributed by atoms with Gasteiger partial charge in [-0.3, -0.25) is 0 Å². The number of aliphatic hydroxyl groups excluding tert-OH is 1. The monoisotopic (exact) mass is 294 g/mol. The van der Waals surface area contributed by atoms with Crippen LogP contribution in [0.4, 0.5) is 0 Å². The molecule has 1 N–H and O–H groups in total. The van der Waals surface area contributed by atoms with Crippen molar-refractivity contribution in [2.24, 2.45) is 5.92 Å². The molecule has 2 atom stereocenters. The number of rotatable bonds is 12. The smallest absolute Gasteiger partial charge is 0.205 e. The van der Waals surface area contributed by atoms with Crippen LogP contribution in [0.25, 0.3) is 0 Å². The van der Waals surface area contributed by atoms with Gasteiger partial charge in [0, 0.05) is 5.25 Å². The summed E-state index contributed by atoms with van der Waals surface area (Å²) in [5.41, 5.74) is -0.657. The lowest BCUT2D eigenvalue weighted by atomic mass is 10.1. The van der Waals surface area contributed by atoms with Crippen molar-refractivity contribution in [3.8, 4) is 0 Å². The second-order valence-corrected chi connectivity index (χ2v) is 6.92. The van der Waals surface area contributed by atoms with Gasteiger partial charge in [0.2, 0.25) is 5.62 Å². The molecular formula is C14H30O2S2. The van der Waals surface area contributed by atoms with Gasteiger partial charge >= 0.3 is 0 Å². The van der Waals surface area contributed by atoms with Gasteiger partial charge in [0.1, 0.15) is 0 Å². The second kappa shape index (κ2) is 12.6. The Balaban J connectivity index is 3.60. The highest BCUT2D eigenvalue weighted by molar-refractivity contribution is 8.00. The van der Waals surface area contributed by atoms with Crippen LogP contribution in [-0.4, -0.2) is 27.7 Å². The summed E-state index contributed by atoms with van der Waals surface area (Å²) in [6.07, 6.45) is 5.88. The van der Waals surface area contributed by atoms with E-state index in [1.807, 2.05) is 0 Å². The van der Waals surface area contributed by atoms with Gasteiger partial charge in [0.25, 0.3) is 0 Å². The molecule has 0 amide bonds. The summed E-state index contributed by atoms with van der Waals surface area (Å²) in [4.78, 5) is 0. The highest BCUT2D eigenvalue weighted by atomic mass is 32.2. The van der Waals surface area contributed by atoms with E-state index in [2.05, 4.69) is 27.7 Å². The van der Waals surface area contributed by atoms with Gasteiger partial charge in [-0.05, 0) is 24.5 Å². The van der Waals surface area contributed by atoms with Crippen molar-refractivity contribution in [3.05, 3.63) is 0 Å². The molecule has 0 aliphatic heterocycles. The average molecular weight is 295 g/mol. The zero-order valence-corrected chi connectivity index (χ0v) is 14.0. The first kappa shape index (κ1) is 18.6. The molecule has 110 valence electrons. The third kappa shape index (κ3) is 9.54. The Morgan fingerprint density at radius 1 is 1.06 bits per heavy atom. The van der Waals surface area contributed by atoms with Crippen LogP contribution >= 0.6 is 23.5 Å². The van der Waals surface area contributed by atoms with Gasteiger partial charge in [0.15, 0.2) is 0 Å². The van der Waals surface area contributed by atoms with Crippen molar-refractivity contribution in [2.75, 3.05) is 11.7 Å². The van der Waals surface area contributed by atoms with Gasteiger partial charge in [-0.25, -0.2) is 0 Å². The molecule has 0 saturated carbocycles. The maximum Gasteiger partial charge on any atom is 0.205 e. The van der Waals surface area contributed by atoms with Crippen molar-refractivity contribution in [3.63, 3.8) is 0 Å². The fourth-order valence-electron chi connectivity index (χ4n) is 1.74. The fraction of sp³-hybridized carbons (Fsp3) is 1.00. The van der Waals surface area contributed by atoms with E-state index in [1.165, 1.54) is 19.3 Å². The Morgan fingerprint density at radius 2 is 1.72 bits per heavy atom. The molecule has 18 heavy (non-hydrogen) atoms. The predicted molar refractivity (Wildman–Crippen MR) is 85.1 cm³/mol. The van der Waals surface area contributed by atoms with E-state index < -0.39 is 5.62 Å².